The predicted octanol–water partition coefficient (Wildman–Crippen LogP) is 1.51. The third-order valence-electron chi connectivity index (χ3n) is 2.26. The van der Waals surface area contributed by atoms with Gasteiger partial charge in [0.2, 0.25) is 5.56 Å². The molecule has 92 valence electrons. The standard InChI is InChI=1S/C10H7N5O.C2H6/c16-10-2-1-7(3-12-10)8-5-15-6-13-14-9(15)4-11-8;1-2/h1-6H,(H,12,16);1-2H3. The van der Waals surface area contributed by atoms with Crippen LogP contribution in [0.4, 0.5) is 0 Å². The van der Waals surface area contributed by atoms with Crippen LogP contribution < -0.4 is 5.56 Å². The molecule has 0 aliphatic rings. The molecule has 3 aromatic heterocycles. The number of aromatic amines is 1. The van der Waals surface area contributed by atoms with Gasteiger partial charge >= 0.3 is 0 Å². The minimum Gasteiger partial charge on any atom is -0.328 e. The van der Waals surface area contributed by atoms with Crippen molar-refractivity contribution in [1.82, 2.24) is 24.6 Å². The summed E-state index contributed by atoms with van der Waals surface area (Å²) in [6.45, 7) is 4.00. The smallest absolute Gasteiger partial charge is 0.247 e. The molecule has 1 N–H and O–H groups in total. The van der Waals surface area contributed by atoms with Crippen LogP contribution in [0.1, 0.15) is 13.8 Å². The first-order chi connectivity index (χ1) is 8.83. The van der Waals surface area contributed by atoms with E-state index in [2.05, 4.69) is 20.2 Å². The number of pyridine rings is 1. The van der Waals surface area contributed by atoms with Crippen LogP contribution in [0.3, 0.4) is 0 Å². The van der Waals surface area contributed by atoms with Gasteiger partial charge in [0, 0.05) is 24.0 Å². The van der Waals surface area contributed by atoms with Gasteiger partial charge in [-0.3, -0.25) is 14.2 Å². The molecule has 0 bridgehead atoms. The Balaban J connectivity index is 0.000000574. The zero-order valence-electron chi connectivity index (χ0n) is 10.2. The second kappa shape index (κ2) is 5.22. The number of hydrogen-bond donors (Lipinski definition) is 1. The number of hydrogen-bond acceptors (Lipinski definition) is 4. The minimum absolute atomic E-state index is 0.130. The third kappa shape index (κ3) is 2.27. The van der Waals surface area contributed by atoms with Crippen molar-refractivity contribution in [1.29, 1.82) is 0 Å². The molecule has 3 heterocycles. The van der Waals surface area contributed by atoms with E-state index in [0.29, 0.717) is 5.65 Å². The molecule has 0 fully saturated rings. The van der Waals surface area contributed by atoms with Gasteiger partial charge in [0.15, 0.2) is 5.65 Å². The topological polar surface area (TPSA) is 75.9 Å². The first-order valence-electron chi connectivity index (χ1n) is 5.67. The molecule has 0 saturated carbocycles. The van der Waals surface area contributed by atoms with Crippen molar-refractivity contribution < 1.29 is 0 Å². The molecule has 0 radical (unpaired) electrons. The van der Waals surface area contributed by atoms with Crippen LogP contribution in [0, 0.1) is 0 Å². The summed E-state index contributed by atoms with van der Waals surface area (Å²) in [7, 11) is 0. The van der Waals surface area contributed by atoms with Gasteiger partial charge in [0.05, 0.1) is 11.9 Å². The highest BCUT2D eigenvalue weighted by molar-refractivity contribution is 5.57. The lowest BCUT2D eigenvalue weighted by molar-refractivity contribution is 1.10. The zero-order chi connectivity index (χ0) is 13.0. The van der Waals surface area contributed by atoms with Gasteiger partial charge in [-0.25, -0.2) is 0 Å². The molecule has 0 aromatic carbocycles. The number of fused-ring (bicyclic) bond motifs is 1. The van der Waals surface area contributed by atoms with E-state index in [1.807, 2.05) is 20.0 Å². The number of aromatic nitrogens is 5. The molecule has 6 nitrogen and oxygen atoms in total. The van der Waals surface area contributed by atoms with Crippen molar-refractivity contribution in [2.24, 2.45) is 0 Å². The molecule has 0 aliphatic carbocycles. The van der Waals surface area contributed by atoms with Crippen molar-refractivity contribution in [3.05, 3.63) is 47.4 Å². The number of rotatable bonds is 1. The molecule has 0 unspecified atom stereocenters. The molecule has 3 aromatic rings. The van der Waals surface area contributed by atoms with Gasteiger partial charge in [0.1, 0.15) is 6.33 Å². The van der Waals surface area contributed by atoms with Crippen LogP contribution in [0.5, 0.6) is 0 Å². The fraction of sp³-hybridized carbons (Fsp3) is 0.167. The Morgan fingerprint density at radius 1 is 1.28 bits per heavy atom. The molecule has 0 saturated heterocycles. The first kappa shape index (κ1) is 12.0. The van der Waals surface area contributed by atoms with E-state index in [1.165, 1.54) is 6.07 Å². The van der Waals surface area contributed by atoms with Gasteiger partial charge < -0.3 is 4.98 Å². The molecule has 3 rings (SSSR count). The van der Waals surface area contributed by atoms with Crippen LogP contribution in [-0.4, -0.2) is 24.6 Å². The van der Waals surface area contributed by atoms with E-state index in [0.717, 1.165) is 11.3 Å². The Morgan fingerprint density at radius 2 is 2.11 bits per heavy atom. The number of nitrogens with one attached hydrogen (secondary N) is 1. The highest BCUT2D eigenvalue weighted by Gasteiger charge is 2.01. The Morgan fingerprint density at radius 3 is 2.83 bits per heavy atom. The van der Waals surface area contributed by atoms with E-state index in [9.17, 15) is 4.79 Å². The second-order valence-corrected chi connectivity index (χ2v) is 3.31. The lowest BCUT2D eigenvalue weighted by atomic mass is 10.2. The van der Waals surface area contributed by atoms with Gasteiger partial charge in [-0.1, -0.05) is 13.8 Å². The van der Waals surface area contributed by atoms with Crippen molar-refractivity contribution in [3.8, 4) is 11.3 Å². The summed E-state index contributed by atoms with van der Waals surface area (Å²) in [6, 6.07) is 3.19. The van der Waals surface area contributed by atoms with Crippen molar-refractivity contribution in [2.75, 3.05) is 0 Å². The van der Waals surface area contributed by atoms with Crippen LogP contribution in [0.15, 0.2) is 41.8 Å². The summed E-state index contributed by atoms with van der Waals surface area (Å²) in [6.07, 6.45) is 6.67. The Kier molecular flexibility index (Phi) is 3.47. The molecule has 18 heavy (non-hydrogen) atoms. The van der Waals surface area contributed by atoms with Crippen LogP contribution in [0.25, 0.3) is 16.9 Å². The highest BCUT2D eigenvalue weighted by Crippen LogP contribution is 2.13. The van der Waals surface area contributed by atoms with E-state index in [-0.39, 0.29) is 5.56 Å². The first-order valence-corrected chi connectivity index (χ1v) is 5.67. The molecule has 0 amide bonds. The quantitative estimate of drug-likeness (QED) is 0.702. The summed E-state index contributed by atoms with van der Waals surface area (Å²) in [4.78, 5) is 17.8. The maximum absolute atomic E-state index is 10.9. The zero-order valence-corrected chi connectivity index (χ0v) is 10.2. The average Bonchev–Trinajstić information content (AvgIpc) is 2.89. The van der Waals surface area contributed by atoms with Crippen LogP contribution >= 0.6 is 0 Å². The van der Waals surface area contributed by atoms with Gasteiger partial charge in [0.25, 0.3) is 0 Å². The van der Waals surface area contributed by atoms with E-state index in [4.69, 9.17) is 0 Å². The second-order valence-electron chi connectivity index (χ2n) is 3.31. The fourth-order valence-corrected chi connectivity index (χ4v) is 1.45. The maximum atomic E-state index is 10.9. The Labute approximate surface area is 103 Å². The van der Waals surface area contributed by atoms with Crippen molar-refractivity contribution in [3.63, 3.8) is 0 Å². The van der Waals surface area contributed by atoms with Crippen molar-refractivity contribution >= 4 is 5.65 Å². The van der Waals surface area contributed by atoms with Gasteiger partial charge in [-0.2, -0.15) is 0 Å². The van der Waals surface area contributed by atoms with Crippen LogP contribution in [-0.2, 0) is 0 Å². The number of H-pyrrole nitrogens is 1. The van der Waals surface area contributed by atoms with E-state index < -0.39 is 0 Å². The van der Waals surface area contributed by atoms with Gasteiger partial charge in [-0.15, -0.1) is 10.2 Å². The van der Waals surface area contributed by atoms with E-state index >= 15 is 0 Å². The Hall–Kier alpha value is -2.50. The van der Waals surface area contributed by atoms with Crippen LogP contribution in [0.2, 0.25) is 0 Å². The summed E-state index contributed by atoms with van der Waals surface area (Å²) >= 11 is 0. The molecule has 0 spiro atoms. The normalized spacial score (nSPS) is 9.89. The van der Waals surface area contributed by atoms with Gasteiger partial charge in [-0.05, 0) is 6.07 Å². The largest absolute Gasteiger partial charge is 0.328 e. The summed E-state index contributed by atoms with van der Waals surface area (Å²) in [5, 5.41) is 7.63. The average molecular weight is 243 g/mol. The third-order valence-corrected chi connectivity index (χ3v) is 2.26. The summed E-state index contributed by atoms with van der Waals surface area (Å²) < 4.78 is 1.77. The molecule has 0 aliphatic heterocycles. The summed E-state index contributed by atoms with van der Waals surface area (Å²) in [5.74, 6) is 0. The Bertz CT molecular complexity index is 680. The lowest BCUT2D eigenvalue weighted by Crippen LogP contribution is -2.02. The number of nitrogens with zero attached hydrogens (tertiary/aromatic N) is 4. The molecule has 0 atom stereocenters. The lowest BCUT2D eigenvalue weighted by Gasteiger charge is -1.99. The summed E-state index contributed by atoms with van der Waals surface area (Å²) in [5.41, 5.74) is 2.15. The van der Waals surface area contributed by atoms with E-state index in [1.54, 1.807) is 29.2 Å². The molecular formula is C12H13N5O. The SMILES string of the molecule is CC.O=c1ccc(-c2cn3cnnc3cn2)c[nH]1. The predicted molar refractivity (Wildman–Crippen MR) is 68.2 cm³/mol. The highest BCUT2D eigenvalue weighted by atomic mass is 16.1. The fourth-order valence-electron chi connectivity index (χ4n) is 1.45. The molecule has 6 heteroatoms. The molecular weight excluding hydrogens is 230 g/mol. The van der Waals surface area contributed by atoms with Crippen molar-refractivity contribution in [2.45, 2.75) is 13.8 Å². The monoisotopic (exact) mass is 243 g/mol. The minimum atomic E-state index is -0.130. The maximum Gasteiger partial charge on any atom is 0.247 e.